The highest BCUT2D eigenvalue weighted by Crippen LogP contribution is 2.42. The van der Waals surface area contributed by atoms with E-state index in [2.05, 4.69) is 146 Å². The fraction of sp³-hybridized carbons (Fsp3) is 0.0408. The van der Waals surface area contributed by atoms with Crippen LogP contribution in [0.2, 0.25) is 0 Å². The monoisotopic (exact) mass is 677 g/mol. The van der Waals surface area contributed by atoms with Crippen LogP contribution < -0.4 is 0 Å². The third-order valence-electron chi connectivity index (χ3n) is 10.8. The molecule has 7 aromatic carbocycles. The number of aromatic nitrogens is 2. The molecular weight excluding hydrogens is 647 g/mol. The minimum Gasteiger partial charge on any atom is -0.455 e. The van der Waals surface area contributed by atoms with Crippen molar-refractivity contribution in [2.75, 3.05) is 6.54 Å². The first-order valence-corrected chi connectivity index (χ1v) is 18.1. The first-order valence-electron chi connectivity index (χ1n) is 18.1. The highest BCUT2D eigenvalue weighted by Gasteiger charge is 2.20. The van der Waals surface area contributed by atoms with E-state index in [4.69, 9.17) is 19.4 Å². The fourth-order valence-corrected chi connectivity index (χ4v) is 8.29. The van der Waals surface area contributed by atoms with Gasteiger partial charge in [0.2, 0.25) is 0 Å². The van der Waals surface area contributed by atoms with Crippen molar-refractivity contribution in [1.82, 2.24) is 9.97 Å². The van der Waals surface area contributed by atoms with Gasteiger partial charge in [-0.15, -0.1) is 0 Å². The number of allylic oxidation sites excluding steroid dienone is 1. The van der Waals surface area contributed by atoms with Gasteiger partial charge in [-0.1, -0.05) is 133 Å². The fourth-order valence-electron chi connectivity index (χ4n) is 8.29. The first kappa shape index (κ1) is 29.8. The van der Waals surface area contributed by atoms with E-state index in [1.54, 1.807) is 0 Å². The summed E-state index contributed by atoms with van der Waals surface area (Å²) in [5, 5.41) is 8.94. The lowest BCUT2D eigenvalue weighted by atomic mass is 9.91. The van der Waals surface area contributed by atoms with Crippen molar-refractivity contribution in [2.24, 2.45) is 4.99 Å². The lowest BCUT2D eigenvalue weighted by molar-refractivity contribution is 0.673. The van der Waals surface area contributed by atoms with E-state index < -0.39 is 0 Å². The molecule has 0 unspecified atom stereocenters. The summed E-state index contributed by atoms with van der Waals surface area (Å²) in [5.74, 6) is 0. The summed E-state index contributed by atoms with van der Waals surface area (Å²) < 4.78 is 6.59. The number of benzene rings is 7. The largest absolute Gasteiger partial charge is 0.455 e. The number of fused-ring (bicyclic) bond motifs is 11. The number of hydrogen-bond donors (Lipinski definition) is 0. The van der Waals surface area contributed by atoms with Gasteiger partial charge in [0, 0.05) is 55.6 Å². The van der Waals surface area contributed by atoms with Crippen LogP contribution in [0.5, 0.6) is 0 Å². The summed E-state index contributed by atoms with van der Waals surface area (Å²) in [6, 6.07) is 53.3. The molecule has 248 valence electrons. The van der Waals surface area contributed by atoms with Crippen molar-refractivity contribution >= 4 is 77.1 Å². The zero-order chi connectivity index (χ0) is 34.9. The van der Waals surface area contributed by atoms with Crippen LogP contribution in [0.4, 0.5) is 0 Å². The van der Waals surface area contributed by atoms with E-state index in [-0.39, 0.29) is 0 Å². The molecule has 4 nitrogen and oxygen atoms in total. The molecule has 10 aromatic rings. The van der Waals surface area contributed by atoms with E-state index >= 15 is 0 Å². The summed E-state index contributed by atoms with van der Waals surface area (Å²) in [6.45, 7) is 0.670. The van der Waals surface area contributed by atoms with Crippen LogP contribution in [0, 0.1) is 0 Å². The van der Waals surface area contributed by atoms with E-state index in [9.17, 15) is 0 Å². The molecular formula is C49H31N3O. The number of furan rings is 1. The normalized spacial score (nSPS) is 13.2. The minimum atomic E-state index is 0.670. The molecule has 4 heteroatoms. The molecule has 0 fully saturated rings. The molecule has 0 spiro atoms. The Hall–Kier alpha value is -6.91. The Morgan fingerprint density at radius 1 is 0.509 bits per heavy atom. The Kier molecular flexibility index (Phi) is 6.65. The highest BCUT2D eigenvalue weighted by atomic mass is 16.3. The maximum absolute atomic E-state index is 6.59. The average molecular weight is 678 g/mol. The maximum atomic E-state index is 6.59. The van der Waals surface area contributed by atoms with Crippen LogP contribution in [0.15, 0.2) is 167 Å². The van der Waals surface area contributed by atoms with Crippen molar-refractivity contribution < 1.29 is 4.42 Å². The van der Waals surface area contributed by atoms with Gasteiger partial charge < -0.3 is 4.42 Å². The molecule has 0 saturated heterocycles. The predicted molar refractivity (Wildman–Crippen MR) is 221 cm³/mol. The highest BCUT2D eigenvalue weighted by molar-refractivity contribution is 6.26. The van der Waals surface area contributed by atoms with Gasteiger partial charge in [0.25, 0.3) is 0 Å². The number of pyridine rings is 2. The number of nitrogens with zero attached hydrogens (tertiary/aromatic N) is 3. The number of aliphatic imine (C=N–C) groups is 1. The van der Waals surface area contributed by atoms with Gasteiger partial charge in [-0.2, -0.15) is 0 Å². The molecule has 0 atom stereocenters. The van der Waals surface area contributed by atoms with Crippen LogP contribution in [0.25, 0.3) is 93.9 Å². The molecule has 1 aliphatic rings. The van der Waals surface area contributed by atoms with Gasteiger partial charge >= 0.3 is 0 Å². The van der Waals surface area contributed by atoms with Crippen LogP contribution in [0.3, 0.4) is 0 Å². The zero-order valence-electron chi connectivity index (χ0n) is 28.8. The molecule has 53 heavy (non-hydrogen) atoms. The standard InChI is InChI=1S/C49H31N3O/c1-2-10-31(11-3-1)42-26-21-32-19-18-30-20-27-43(50-29-28-33(30)47(32)51-42)36-22-23-38(35-13-5-4-12-34(35)36)48-41-25-24-39-37-14-7-9-17-45(37)53-49(39)46(41)40-15-6-8-16-44(40)52-48/h1-27H,28-29H2. The molecule has 0 amide bonds. The molecule has 4 heterocycles. The van der Waals surface area contributed by atoms with E-state index in [0.29, 0.717) is 6.54 Å². The lowest BCUT2D eigenvalue weighted by Gasteiger charge is -2.16. The van der Waals surface area contributed by atoms with Gasteiger partial charge in [-0.3, -0.25) is 4.99 Å². The van der Waals surface area contributed by atoms with Gasteiger partial charge in [0.15, 0.2) is 0 Å². The summed E-state index contributed by atoms with van der Waals surface area (Å²) in [5.41, 5.74) is 12.5. The van der Waals surface area contributed by atoms with Gasteiger partial charge in [0.1, 0.15) is 11.2 Å². The molecule has 3 aromatic heterocycles. The third kappa shape index (κ3) is 4.73. The van der Waals surface area contributed by atoms with Crippen LogP contribution in [-0.2, 0) is 6.42 Å². The summed E-state index contributed by atoms with van der Waals surface area (Å²) in [4.78, 5) is 15.7. The van der Waals surface area contributed by atoms with Gasteiger partial charge in [-0.25, -0.2) is 9.97 Å². The third-order valence-corrected chi connectivity index (χ3v) is 10.8. The Morgan fingerprint density at radius 3 is 2.11 bits per heavy atom. The smallest absolute Gasteiger partial charge is 0.144 e. The quantitative estimate of drug-likeness (QED) is 0.175. The van der Waals surface area contributed by atoms with Gasteiger partial charge in [0.05, 0.1) is 28.1 Å². The second kappa shape index (κ2) is 11.8. The Balaban J connectivity index is 1.05. The molecule has 0 saturated carbocycles. The molecule has 0 N–H and O–H groups in total. The van der Waals surface area contributed by atoms with E-state index in [0.717, 1.165) is 105 Å². The second-order valence-corrected chi connectivity index (χ2v) is 13.8. The van der Waals surface area contributed by atoms with Crippen molar-refractivity contribution in [1.29, 1.82) is 0 Å². The van der Waals surface area contributed by atoms with Crippen molar-refractivity contribution in [3.05, 3.63) is 174 Å². The molecule has 0 radical (unpaired) electrons. The SMILES string of the molecule is C1=Cc2ccc3ccc(-c4ccccc4)nc3c2CCN=C1c1ccc(-c2nc3ccccc3c3c2ccc2c4ccccc4oc23)c2ccccc12. The van der Waals surface area contributed by atoms with Crippen LogP contribution in [0.1, 0.15) is 16.7 Å². The molecule has 0 bridgehead atoms. The van der Waals surface area contributed by atoms with Crippen LogP contribution >= 0.6 is 0 Å². The lowest BCUT2D eigenvalue weighted by Crippen LogP contribution is -2.06. The molecule has 1 aliphatic heterocycles. The number of hydrogen-bond acceptors (Lipinski definition) is 4. The topological polar surface area (TPSA) is 51.3 Å². The van der Waals surface area contributed by atoms with Crippen molar-refractivity contribution in [3.63, 3.8) is 0 Å². The summed E-state index contributed by atoms with van der Waals surface area (Å²) in [6.07, 6.45) is 5.20. The predicted octanol–water partition coefficient (Wildman–Crippen LogP) is 12.4. The van der Waals surface area contributed by atoms with Crippen LogP contribution in [-0.4, -0.2) is 22.2 Å². The summed E-state index contributed by atoms with van der Waals surface area (Å²) >= 11 is 0. The molecule has 11 rings (SSSR count). The first-order chi connectivity index (χ1) is 26.3. The van der Waals surface area contributed by atoms with E-state index in [1.807, 2.05) is 18.2 Å². The Labute approximate surface area is 305 Å². The molecule has 0 aliphatic carbocycles. The number of rotatable bonds is 3. The van der Waals surface area contributed by atoms with E-state index in [1.165, 1.54) is 11.1 Å². The maximum Gasteiger partial charge on any atom is 0.144 e. The number of para-hydroxylation sites is 2. The average Bonchev–Trinajstić information content (AvgIpc) is 3.60. The second-order valence-electron chi connectivity index (χ2n) is 13.8. The Morgan fingerprint density at radius 2 is 1.23 bits per heavy atom. The Bertz CT molecular complexity index is 3170. The zero-order valence-corrected chi connectivity index (χ0v) is 28.8. The minimum absolute atomic E-state index is 0.670. The van der Waals surface area contributed by atoms with Crippen molar-refractivity contribution in [3.8, 4) is 22.5 Å². The van der Waals surface area contributed by atoms with Crippen molar-refractivity contribution in [2.45, 2.75) is 6.42 Å². The summed E-state index contributed by atoms with van der Waals surface area (Å²) in [7, 11) is 0. The van der Waals surface area contributed by atoms with Gasteiger partial charge in [-0.05, 0) is 58.7 Å².